The first-order valence-electron chi connectivity index (χ1n) is 5.69. The summed E-state index contributed by atoms with van der Waals surface area (Å²) in [5, 5.41) is 8.25. The minimum absolute atomic E-state index is 0.631. The Hall–Kier alpha value is -1.39. The van der Waals surface area contributed by atoms with Gasteiger partial charge in [-0.25, -0.2) is 4.68 Å². The van der Waals surface area contributed by atoms with E-state index < -0.39 is 0 Å². The van der Waals surface area contributed by atoms with Gasteiger partial charge in [0.15, 0.2) is 0 Å². The Balaban J connectivity index is 1.77. The first-order valence-corrected chi connectivity index (χ1v) is 6.07. The van der Waals surface area contributed by atoms with Gasteiger partial charge in [0.25, 0.3) is 0 Å². The summed E-state index contributed by atoms with van der Waals surface area (Å²) < 4.78 is 1.73. The molecule has 0 saturated heterocycles. The first kappa shape index (κ1) is 10.7. The van der Waals surface area contributed by atoms with Gasteiger partial charge in [-0.3, -0.25) is 4.98 Å². The molecule has 88 valence electrons. The van der Waals surface area contributed by atoms with Crippen molar-refractivity contribution in [2.24, 2.45) is 0 Å². The third kappa shape index (κ3) is 2.65. The van der Waals surface area contributed by atoms with E-state index in [2.05, 4.69) is 21.5 Å². The highest BCUT2D eigenvalue weighted by molar-refractivity contribution is 6.30. The summed E-state index contributed by atoms with van der Waals surface area (Å²) in [4.78, 5) is 4.22. The average molecular weight is 249 g/mol. The van der Waals surface area contributed by atoms with E-state index in [-0.39, 0.29) is 0 Å². The summed E-state index contributed by atoms with van der Waals surface area (Å²) in [6, 6.07) is 2.78. The van der Waals surface area contributed by atoms with Crippen molar-refractivity contribution < 1.29 is 0 Å². The van der Waals surface area contributed by atoms with Crippen LogP contribution in [0.1, 0.15) is 18.4 Å². The smallest absolute Gasteiger partial charge is 0.0832 e. The zero-order valence-electron chi connectivity index (χ0n) is 9.31. The Kier molecular flexibility index (Phi) is 2.82. The number of hydrogen-bond acceptors (Lipinski definition) is 3. The van der Waals surface area contributed by atoms with Crippen molar-refractivity contribution in [2.75, 3.05) is 0 Å². The first-order chi connectivity index (χ1) is 8.31. The molecule has 1 aliphatic rings. The molecule has 2 aromatic rings. The molecule has 2 aromatic heterocycles. The highest BCUT2D eigenvalue weighted by Crippen LogP contribution is 2.19. The number of hydrogen-bond donors (Lipinski definition) is 1. The Morgan fingerprint density at radius 3 is 2.94 bits per heavy atom. The molecule has 4 nitrogen and oxygen atoms in total. The van der Waals surface area contributed by atoms with Gasteiger partial charge in [-0.05, 0) is 24.5 Å². The maximum atomic E-state index is 5.84. The lowest BCUT2D eigenvalue weighted by Crippen LogP contribution is -2.15. The minimum atomic E-state index is 0.631. The second kappa shape index (κ2) is 4.47. The van der Waals surface area contributed by atoms with E-state index in [0.717, 1.165) is 12.2 Å². The fraction of sp³-hybridized carbons (Fsp3) is 0.333. The average Bonchev–Trinajstić information content (AvgIpc) is 3.08. The summed E-state index contributed by atoms with van der Waals surface area (Å²) in [7, 11) is 0. The molecule has 5 heteroatoms. The fourth-order valence-corrected chi connectivity index (χ4v) is 1.82. The van der Waals surface area contributed by atoms with E-state index in [1.807, 2.05) is 6.20 Å². The normalized spacial score (nSPS) is 15.1. The van der Waals surface area contributed by atoms with Crippen molar-refractivity contribution in [1.29, 1.82) is 0 Å². The third-order valence-corrected chi connectivity index (χ3v) is 2.96. The number of pyridine rings is 1. The highest BCUT2D eigenvalue weighted by Gasteiger charge is 2.19. The lowest BCUT2D eigenvalue weighted by molar-refractivity contribution is 0.684. The van der Waals surface area contributed by atoms with Crippen molar-refractivity contribution >= 4 is 11.6 Å². The molecule has 1 fully saturated rings. The van der Waals surface area contributed by atoms with E-state index in [4.69, 9.17) is 11.6 Å². The molecule has 0 bridgehead atoms. The standard InChI is InChI=1S/C12H13ClN4/c13-10-6-16-17(8-10)12-3-9(4-14-7-12)5-15-11-1-2-11/h3-4,6-8,11,15H,1-2,5H2. The van der Waals surface area contributed by atoms with Crippen LogP contribution in [-0.4, -0.2) is 20.8 Å². The van der Waals surface area contributed by atoms with E-state index in [1.165, 1.54) is 18.4 Å². The quantitative estimate of drug-likeness (QED) is 0.902. The molecule has 17 heavy (non-hydrogen) atoms. The van der Waals surface area contributed by atoms with Gasteiger partial charge in [0.2, 0.25) is 0 Å². The second-order valence-corrected chi connectivity index (χ2v) is 4.75. The Bertz CT molecular complexity index is 519. The maximum absolute atomic E-state index is 5.84. The molecule has 0 amide bonds. The minimum Gasteiger partial charge on any atom is -0.310 e. The zero-order chi connectivity index (χ0) is 11.7. The molecule has 0 aliphatic heterocycles. The van der Waals surface area contributed by atoms with E-state index in [9.17, 15) is 0 Å². The summed E-state index contributed by atoms with van der Waals surface area (Å²) in [6.07, 6.45) is 9.64. The van der Waals surface area contributed by atoms with Crippen molar-refractivity contribution in [3.05, 3.63) is 41.4 Å². The Morgan fingerprint density at radius 1 is 1.35 bits per heavy atom. The summed E-state index contributed by atoms with van der Waals surface area (Å²) >= 11 is 5.84. The number of halogens is 1. The van der Waals surface area contributed by atoms with Gasteiger partial charge < -0.3 is 5.32 Å². The predicted molar refractivity (Wildman–Crippen MR) is 66.2 cm³/mol. The van der Waals surface area contributed by atoms with Gasteiger partial charge >= 0.3 is 0 Å². The number of aromatic nitrogens is 3. The molecular formula is C12H13ClN4. The summed E-state index contributed by atoms with van der Waals surface area (Å²) in [6.45, 7) is 0.862. The molecule has 1 aliphatic carbocycles. The van der Waals surface area contributed by atoms with Crippen molar-refractivity contribution in [3.8, 4) is 5.69 Å². The number of rotatable bonds is 4. The monoisotopic (exact) mass is 248 g/mol. The van der Waals surface area contributed by atoms with Crippen LogP contribution in [0.2, 0.25) is 5.02 Å². The molecule has 2 heterocycles. The van der Waals surface area contributed by atoms with Crippen molar-refractivity contribution in [2.45, 2.75) is 25.4 Å². The fourth-order valence-electron chi connectivity index (χ4n) is 1.69. The topological polar surface area (TPSA) is 42.7 Å². The van der Waals surface area contributed by atoms with Crippen LogP contribution in [0.25, 0.3) is 5.69 Å². The van der Waals surface area contributed by atoms with Crippen LogP contribution in [0.15, 0.2) is 30.9 Å². The molecule has 3 rings (SSSR count). The van der Waals surface area contributed by atoms with Gasteiger partial charge in [-0.2, -0.15) is 5.10 Å². The molecule has 0 aromatic carbocycles. The van der Waals surface area contributed by atoms with Crippen LogP contribution in [0.4, 0.5) is 0 Å². The number of nitrogens with zero attached hydrogens (tertiary/aromatic N) is 3. The van der Waals surface area contributed by atoms with Crippen molar-refractivity contribution in [1.82, 2.24) is 20.1 Å². The summed E-state index contributed by atoms with van der Waals surface area (Å²) in [5.41, 5.74) is 2.10. The molecule has 0 spiro atoms. The van der Waals surface area contributed by atoms with Crippen LogP contribution >= 0.6 is 11.6 Å². The second-order valence-electron chi connectivity index (χ2n) is 4.31. The van der Waals surface area contributed by atoms with Gasteiger partial charge in [-0.1, -0.05) is 11.6 Å². The van der Waals surface area contributed by atoms with Gasteiger partial charge in [0.05, 0.1) is 23.1 Å². The molecule has 1 saturated carbocycles. The molecule has 0 unspecified atom stereocenters. The Morgan fingerprint density at radius 2 is 2.24 bits per heavy atom. The largest absolute Gasteiger partial charge is 0.310 e. The summed E-state index contributed by atoms with van der Waals surface area (Å²) in [5.74, 6) is 0. The lowest BCUT2D eigenvalue weighted by Gasteiger charge is -2.05. The van der Waals surface area contributed by atoms with E-state index in [1.54, 1.807) is 23.3 Å². The van der Waals surface area contributed by atoms with Crippen LogP contribution in [0.3, 0.4) is 0 Å². The van der Waals surface area contributed by atoms with Gasteiger partial charge in [0.1, 0.15) is 0 Å². The molecular weight excluding hydrogens is 236 g/mol. The predicted octanol–water partition coefficient (Wildman–Crippen LogP) is 2.17. The molecule has 0 atom stereocenters. The van der Waals surface area contributed by atoms with Gasteiger partial charge in [0, 0.05) is 25.0 Å². The van der Waals surface area contributed by atoms with Crippen LogP contribution in [-0.2, 0) is 6.54 Å². The maximum Gasteiger partial charge on any atom is 0.0832 e. The van der Waals surface area contributed by atoms with Crippen molar-refractivity contribution in [3.63, 3.8) is 0 Å². The van der Waals surface area contributed by atoms with Crippen LogP contribution in [0.5, 0.6) is 0 Å². The molecule has 0 radical (unpaired) electrons. The molecule has 1 N–H and O–H groups in total. The number of nitrogens with one attached hydrogen (secondary N) is 1. The highest BCUT2D eigenvalue weighted by atomic mass is 35.5. The third-order valence-electron chi connectivity index (χ3n) is 2.77. The SMILES string of the molecule is Clc1cnn(-c2cncc(CNC3CC3)c2)c1. The van der Waals surface area contributed by atoms with Gasteiger partial charge in [-0.15, -0.1) is 0 Å². The lowest BCUT2D eigenvalue weighted by atomic mass is 10.2. The van der Waals surface area contributed by atoms with Crippen LogP contribution in [0, 0.1) is 0 Å². The van der Waals surface area contributed by atoms with E-state index >= 15 is 0 Å². The zero-order valence-corrected chi connectivity index (χ0v) is 10.1. The van der Waals surface area contributed by atoms with E-state index in [0.29, 0.717) is 11.1 Å². The Labute approximate surface area is 105 Å². The van der Waals surface area contributed by atoms with Crippen LogP contribution < -0.4 is 5.32 Å².